The Balaban J connectivity index is 1.35. The van der Waals surface area contributed by atoms with Gasteiger partial charge in [-0.3, -0.25) is 14.1 Å². The number of hydrogen-bond donors (Lipinski definition) is 1. The largest absolute Gasteiger partial charge is 0.361 e. The summed E-state index contributed by atoms with van der Waals surface area (Å²) in [5, 5.41) is 8.27. The molecule has 0 saturated carbocycles. The Kier molecular flexibility index (Phi) is 7.57. The van der Waals surface area contributed by atoms with Gasteiger partial charge in [-0.25, -0.2) is 32.2 Å². The van der Waals surface area contributed by atoms with E-state index < -0.39 is 27.7 Å². The maximum Gasteiger partial charge on any atom is 0.229 e. The van der Waals surface area contributed by atoms with Gasteiger partial charge in [0.2, 0.25) is 10.0 Å². The molecule has 46 heavy (non-hydrogen) atoms. The van der Waals surface area contributed by atoms with Gasteiger partial charge in [0.25, 0.3) is 0 Å². The van der Waals surface area contributed by atoms with Gasteiger partial charge in [0.1, 0.15) is 17.6 Å². The number of halogens is 2. The lowest BCUT2D eigenvalue weighted by Crippen LogP contribution is -2.35. The molecule has 0 spiro atoms. The summed E-state index contributed by atoms with van der Waals surface area (Å²) in [5.74, 6) is -0.579. The molecular formula is C32H28F2N6O4S2. The molecule has 0 aliphatic carbocycles. The molecule has 1 atom stereocenters. The smallest absolute Gasteiger partial charge is 0.229 e. The summed E-state index contributed by atoms with van der Waals surface area (Å²) >= 11 is 1.42. The fraction of sp³-hybridized carbons (Fsp3) is 0.219. The van der Waals surface area contributed by atoms with E-state index in [1.165, 1.54) is 17.4 Å². The molecule has 1 unspecified atom stereocenters. The Morgan fingerprint density at radius 3 is 2.48 bits per heavy atom. The summed E-state index contributed by atoms with van der Waals surface area (Å²) in [6.45, 7) is 4.17. The molecule has 3 aromatic heterocycles. The second kappa shape index (κ2) is 11.6. The lowest BCUT2D eigenvalue weighted by molar-refractivity contribution is 0.0454. The van der Waals surface area contributed by atoms with Crippen molar-refractivity contribution in [3.63, 3.8) is 0 Å². The van der Waals surface area contributed by atoms with Gasteiger partial charge < -0.3 is 4.52 Å². The first-order valence-electron chi connectivity index (χ1n) is 14.4. The van der Waals surface area contributed by atoms with Crippen molar-refractivity contribution in [1.29, 1.82) is 0 Å². The molecule has 1 fully saturated rings. The van der Waals surface area contributed by atoms with Crippen molar-refractivity contribution in [3.8, 4) is 27.5 Å². The van der Waals surface area contributed by atoms with E-state index in [4.69, 9.17) is 19.3 Å². The van der Waals surface area contributed by atoms with Crippen LogP contribution in [0.5, 0.6) is 0 Å². The Morgan fingerprint density at radius 1 is 0.978 bits per heavy atom. The van der Waals surface area contributed by atoms with Gasteiger partial charge in [-0.15, -0.1) is 11.3 Å². The molecule has 4 heterocycles. The molecule has 0 amide bonds. The van der Waals surface area contributed by atoms with Crippen molar-refractivity contribution in [2.24, 2.45) is 0 Å². The third-order valence-electron chi connectivity index (χ3n) is 7.76. The van der Waals surface area contributed by atoms with Gasteiger partial charge in [-0.05, 0) is 68.7 Å². The monoisotopic (exact) mass is 662 g/mol. The fourth-order valence-corrected chi connectivity index (χ4v) is 7.17. The first-order chi connectivity index (χ1) is 22.1. The van der Waals surface area contributed by atoms with Crippen LogP contribution in [0.15, 0.2) is 70.6 Å². The highest BCUT2D eigenvalue weighted by Crippen LogP contribution is 2.39. The van der Waals surface area contributed by atoms with E-state index in [1.54, 1.807) is 29.3 Å². The van der Waals surface area contributed by atoms with Crippen LogP contribution in [0, 0.1) is 25.5 Å². The summed E-state index contributed by atoms with van der Waals surface area (Å²) in [7, 11) is -3.40. The Labute approximate surface area is 267 Å². The van der Waals surface area contributed by atoms with Crippen LogP contribution in [0.3, 0.4) is 0 Å². The van der Waals surface area contributed by atoms with E-state index in [1.807, 2.05) is 42.0 Å². The zero-order chi connectivity index (χ0) is 32.2. The van der Waals surface area contributed by atoms with E-state index in [9.17, 15) is 17.2 Å². The molecule has 0 radical (unpaired) electrons. The van der Waals surface area contributed by atoms with Gasteiger partial charge in [-0.2, -0.15) is 0 Å². The van der Waals surface area contributed by atoms with E-state index in [0.717, 1.165) is 52.7 Å². The lowest BCUT2D eigenvalue weighted by Gasteiger charge is -2.35. The van der Waals surface area contributed by atoms with Gasteiger partial charge in [0, 0.05) is 28.3 Å². The van der Waals surface area contributed by atoms with Crippen LogP contribution in [-0.2, 0) is 14.9 Å². The Morgan fingerprint density at radius 2 is 1.76 bits per heavy atom. The number of anilines is 2. The molecule has 1 saturated heterocycles. The number of sulfonamides is 1. The molecule has 7 rings (SSSR count). The van der Waals surface area contributed by atoms with E-state index in [-0.39, 0.29) is 0 Å². The van der Waals surface area contributed by atoms with Crippen LogP contribution in [-0.4, -0.2) is 41.0 Å². The summed E-state index contributed by atoms with van der Waals surface area (Å²) in [6.07, 6.45) is 2.48. The topological polar surface area (TPSA) is 115 Å². The predicted molar refractivity (Wildman–Crippen MR) is 172 cm³/mol. The second-order valence-corrected chi connectivity index (χ2v) is 13.7. The minimum atomic E-state index is -3.40. The summed E-state index contributed by atoms with van der Waals surface area (Å²) < 4.78 is 61.4. The number of nitrogens with zero attached hydrogens (tertiary/aromatic N) is 5. The van der Waals surface area contributed by atoms with E-state index >= 15 is 0 Å². The van der Waals surface area contributed by atoms with Crippen molar-refractivity contribution in [2.75, 3.05) is 22.6 Å². The van der Waals surface area contributed by atoms with Gasteiger partial charge in [0.15, 0.2) is 16.8 Å². The summed E-state index contributed by atoms with van der Waals surface area (Å²) in [6, 6.07) is 16.2. The molecule has 1 N–H and O–H groups in total. The SMILES string of the molecule is Cc1noc(C)c1-c1ccc2c(c1)nc(C1CCCON1c1ccc(F)c(F)c1)n2-c1nc(-c2ccc(NS(C)(=O)=O)cc2)cs1. The third kappa shape index (κ3) is 5.63. The lowest BCUT2D eigenvalue weighted by atomic mass is 10.0. The van der Waals surface area contributed by atoms with E-state index in [2.05, 4.69) is 9.88 Å². The van der Waals surface area contributed by atoms with Crippen LogP contribution in [0.1, 0.15) is 36.2 Å². The number of fused-ring (bicyclic) bond motifs is 1. The predicted octanol–water partition coefficient (Wildman–Crippen LogP) is 7.34. The third-order valence-corrected chi connectivity index (χ3v) is 9.19. The van der Waals surface area contributed by atoms with Crippen LogP contribution < -0.4 is 9.79 Å². The molecule has 3 aromatic carbocycles. The molecule has 14 heteroatoms. The van der Waals surface area contributed by atoms with Crippen molar-refractivity contribution in [1.82, 2.24) is 19.7 Å². The molecule has 1 aliphatic heterocycles. The standard InChI is InChI=1S/C32H28F2N6O4S2/c1-18-30(19(2)44-37-18)21-8-13-28-26(15-21)35-31(29-5-4-14-43-40(29)23-11-12-24(33)25(34)16-23)39(28)32-36-27(17-45-32)20-6-9-22(10-7-20)38-46(3,41)42/h6-13,15-17,29,38H,4-5,14H2,1-3H3. The quantitative estimate of drug-likeness (QED) is 0.189. The number of rotatable bonds is 7. The van der Waals surface area contributed by atoms with Crippen molar-refractivity contribution < 1.29 is 26.6 Å². The molecule has 0 bridgehead atoms. The zero-order valence-corrected chi connectivity index (χ0v) is 26.6. The molecule has 6 aromatic rings. The second-order valence-electron chi connectivity index (χ2n) is 11.1. The highest BCUT2D eigenvalue weighted by molar-refractivity contribution is 7.92. The van der Waals surface area contributed by atoms with Crippen molar-refractivity contribution >= 4 is 43.8 Å². The van der Waals surface area contributed by atoms with Crippen LogP contribution in [0.2, 0.25) is 0 Å². The number of aryl methyl sites for hydroxylation is 2. The fourth-order valence-electron chi connectivity index (χ4n) is 5.75. The maximum atomic E-state index is 14.4. The number of aromatic nitrogens is 4. The van der Waals surface area contributed by atoms with Crippen LogP contribution >= 0.6 is 11.3 Å². The van der Waals surface area contributed by atoms with Gasteiger partial charge in [-0.1, -0.05) is 23.4 Å². The molecule has 10 nitrogen and oxygen atoms in total. The minimum absolute atomic E-state index is 0.376. The highest BCUT2D eigenvalue weighted by Gasteiger charge is 2.32. The van der Waals surface area contributed by atoms with E-state index in [0.29, 0.717) is 52.3 Å². The number of benzene rings is 3. The average molecular weight is 663 g/mol. The Bertz CT molecular complexity index is 2170. The first kappa shape index (κ1) is 30.0. The number of hydroxylamine groups is 1. The normalized spacial score (nSPS) is 15.5. The van der Waals surface area contributed by atoms with Gasteiger partial charge in [0.05, 0.1) is 41.0 Å². The van der Waals surface area contributed by atoms with Crippen molar-refractivity contribution in [3.05, 3.63) is 95.0 Å². The number of nitrogens with one attached hydrogen (secondary N) is 1. The number of thiazole rings is 1. The van der Waals surface area contributed by atoms with Crippen molar-refractivity contribution in [2.45, 2.75) is 32.7 Å². The summed E-state index contributed by atoms with van der Waals surface area (Å²) in [5.41, 5.74) is 6.40. The number of hydrogen-bond acceptors (Lipinski definition) is 9. The highest BCUT2D eigenvalue weighted by atomic mass is 32.2. The molecular weight excluding hydrogens is 635 g/mol. The van der Waals surface area contributed by atoms with Crippen LogP contribution in [0.25, 0.3) is 38.5 Å². The first-order valence-corrected chi connectivity index (χ1v) is 17.2. The average Bonchev–Trinajstić information content (AvgIpc) is 3.74. The number of imidazole rings is 1. The molecule has 236 valence electrons. The van der Waals surface area contributed by atoms with Crippen LogP contribution in [0.4, 0.5) is 20.2 Å². The Hall–Kier alpha value is -4.66. The molecule has 1 aliphatic rings. The summed E-state index contributed by atoms with van der Waals surface area (Å²) in [4.78, 5) is 16.1. The zero-order valence-electron chi connectivity index (χ0n) is 25.0. The maximum absolute atomic E-state index is 14.4. The minimum Gasteiger partial charge on any atom is -0.361 e. The van der Waals surface area contributed by atoms with Gasteiger partial charge >= 0.3 is 0 Å².